The average Bonchev–Trinajstić information content (AvgIpc) is 3.12. The molecule has 0 radical (unpaired) electrons. The molecule has 1 N–H and O–H groups in total. The lowest BCUT2D eigenvalue weighted by molar-refractivity contribution is 0.366. The van der Waals surface area contributed by atoms with Gasteiger partial charge in [0.2, 0.25) is 5.95 Å². The van der Waals surface area contributed by atoms with Crippen molar-refractivity contribution >= 4 is 17.0 Å². The minimum Gasteiger partial charge on any atom is -0.331 e. The summed E-state index contributed by atoms with van der Waals surface area (Å²) >= 11 is 0. The van der Waals surface area contributed by atoms with Crippen LogP contribution in [0.3, 0.4) is 0 Å². The Bertz CT molecular complexity index is 922. The summed E-state index contributed by atoms with van der Waals surface area (Å²) in [6.07, 6.45) is 4.07. The number of hydrogen-bond donors (Lipinski definition) is 1. The molecule has 9 nitrogen and oxygen atoms in total. The summed E-state index contributed by atoms with van der Waals surface area (Å²) in [6.45, 7) is 4.76. The van der Waals surface area contributed by atoms with Gasteiger partial charge in [0.1, 0.15) is 17.5 Å². The first-order chi connectivity index (χ1) is 11.0. The van der Waals surface area contributed by atoms with Gasteiger partial charge in [-0.05, 0) is 20.3 Å². The minimum atomic E-state index is -0.169. The fourth-order valence-corrected chi connectivity index (χ4v) is 3.22. The summed E-state index contributed by atoms with van der Waals surface area (Å²) < 4.78 is 3.53. The predicted octanol–water partition coefficient (Wildman–Crippen LogP) is 0.608. The first-order valence-corrected chi connectivity index (χ1v) is 7.61. The van der Waals surface area contributed by atoms with E-state index in [4.69, 9.17) is 0 Å². The highest BCUT2D eigenvalue weighted by molar-refractivity contribution is 5.72. The van der Waals surface area contributed by atoms with Crippen molar-refractivity contribution in [1.82, 2.24) is 34.5 Å². The zero-order valence-electron chi connectivity index (χ0n) is 13.3. The average molecular weight is 314 g/mol. The molecular weight excluding hydrogens is 296 g/mol. The fourth-order valence-electron chi connectivity index (χ4n) is 3.22. The van der Waals surface area contributed by atoms with Crippen LogP contribution >= 0.6 is 0 Å². The topological polar surface area (TPSA) is 97.5 Å². The summed E-state index contributed by atoms with van der Waals surface area (Å²) in [5.41, 5.74) is 0.417. The number of hydrogen-bond acceptors (Lipinski definition) is 6. The number of aromatic amines is 1. The normalized spacial score (nSPS) is 20.9. The lowest BCUT2D eigenvalue weighted by Crippen LogP contribution is -2.41. The van der Waals surface area contributed by atoms with E-state index < -0.39 is 0 Å². The van der Waals surface area contributed by atoms with Gasteiger partial charge in [-0.25, -0.2) is 9.67 Å². The molecule has 3 aromatic heterocycles. The molecule has 0 spiro atoms. The van der Waals surface area contributed by atoms with E-state index >= 15 is 0 Å². The first-order valence-electron chi connectivity index (χ1n) is 7.61. The van der Waals surface area contributed by atoms with Crippen LogP contribution < -0.4 is 10.5 Å². The van der Waals surface area contributed by atoms with Crippen LogP contribution in [0.15, 0.2) is 17.3 Å². The molecule has 4 rings (SSSR count). The Labute approximate surface area is 132 Å². The Morgan fingerprint density at radius 1 is 1.30 bits per heavy atom. The third-order valence-electron chi connectivity index (χ3n) is 4.41. The van der Waals surface area contributed by atoms with Crippen molar-refractivity contribution in [2.45, 2.75) is 38.9 Å². The molecule has 0 aromatic carbocycles. The number of aryl methyl sites for hydroxylation is 1. The van der Waals surface area contributed by atoms with Gasteiger partial charge in [0.25, 0.3) is 5.56 Å². The number of fused-ring (bicyclic) bond motifs is 2. The second kappa shape index (κ2) is 4.90. The van der Waals surface area contributed by atoms with Gasteiger partial charge in [0.05, 0.1) is 18.8 Å². The number of nitrogens with one attached hydrogen (secondary N) is 1. The number of H-pyrrole nitrogens is 1. The van der Waals surface area contributed by atoms with Gasteiger partial charge < -0.3 is 9.88 Å². The van der Waals surface area contributed by atoms with Gasteiger partial charge in [-0.2, -0.15) is 15.2 Å². The van der Waals surface area contributed by atoms with Crippen LogP contribution in [0.25, 0.3) is 11.0 Å². The van der Waals surface area contributed by atoms with Gasteiger partial charge in [0.15, 0.2) is 5.65 Å². The SMILES string of the molecule is C[C@@H]1C[C@H](C)n2ncnc2N1Cc1nc2c(cnn2C)c(=O)[nH]1. The Hall–Kier alpha value is -2.71. The number of nitrogens with zero attached hydrogens (tertiary/aromatic N) is 7. The van der Waals surface area contributed by atoms with Crippen molar-refractivity contribution in [2.75, 3.05) is 4.90 Å². The van der Waals surface area contributed by atoms with Gasteiger partial charge in [0, 0.05) is 13.1 Å². The standard InChI is InChI=1S/C14H18N8O/c1-8-4-9(2)22-14(15-7-17-22)21(8)6-11-18-12-10(13(23)19-11)5-16-20(12)3/h5,7-9H,4,6H2,1-3H3,(H,18,19,23)/t8-,9+/m1/s1. The molecule has 1 aliphatic rings. The van der Waals surface area contributed by atoms with Crippen molar-refractivity contribution < 1.29 is 0 Å². The fraction of sp³-hybridized carbons (Fsp3) is 0.500. The maximum absolute atomic E-state index is 12.2. The molecule has 3 aromatic rings. The third kappa shape index (κ3) is 2.11. The highest BCUT2D eigenvalue weighted by atomic mass is 16.1. The van der Waals surface area contributed by atoms with Gasteiger partial charge in [-0.1, -0.05) is 0 Å². The molecule has 23 heavy (non-hydrogen) atoms. The molecule has 2 atom stereocenters. The summed E-state index contributed by atoms with van der Waals surface area (Å²) in [7, 11) is 1.78. The molecular formula is C14H18N8O. The molecule has 0 saturated heterocycles. The monoisotopic (exact) mass is 314 g/mol. The van der Waals surface area contributed by atoms with Crippen molar-refractivity contribution in [3.8, 4) is 0 Å². The van der Waals surface area contributed by atoms with Crippen molar-refractivity contribution in [2.24, 2.45) is 7.05 Å². The number of rotatable bonds is 2. The highest BCUT2D eigenvalue weighted by Gasteiger charge is 2.30. The van der Waals surface area contributed by atoms with Crippen LogP contribution in [0.2, 0.25) is 0 Å². The zero-order valence-corrected chi connectivity index (χ0v) is 13.3. The van der Waals surface area contributed by atoms with E-state index in [0.717, 1.165) is 12.4 Å². The maximum atomic E-state index is 12.2. The minimum absolute atomic E-state index is 0.169. The largest absolute Gasteiger partial charge is 0.331 e. The van der Waals surface area contributed by atoms with Crippen molar-refractivity contribution in [1.29, 1.82) is 0 Å². The van der Waals surface area contributed by atoms with Crippen LogP contribution in [-0.4, -0.2) is 40.6 Å². The maximum Gasteiger partial charge on any atom is 0.262 e. The van der Waals surface area contributed by atoms with Gasteiger partial charge >= 0.3 is 0 Å². The van der Waals surface area contributed by atoms with Crippen LogP contribution in [0.5, 0.6) is 0 Å². The smallest absolute Gasteiger partial charge is 0.262 e. The summed E-state index contributed by atoms with van der Waals surface area (Å²) in [5.74, 6) is 1.41. The van der Waals surface area contributed by atoms with Crippen molar-refractivity contribution in [3.63, 3.8) is 0 Å². The third-order valence-corrected chi connectivity index (χ3v) is 4.41. The Morgan fingerprint density at radius 2 is 2.13 bits per heavy atom. The lowest BCUT2D eigenvalue weighted by atomic mass is 10.1. The number of anilines is 1. The van der Waals surface area contributed by atoms with Crippen LogP contribution in [0.1, 0.15) is 32.1 Å². The Morgan fingerprint density at radius 3 is 2.96 bits per heavy atom. The quantitative estimate of drug-likeness (QED) is 0.744. The van der Waals surface area contributed by atoms with Crippen LogP contribution in [0.4, 0.5) is 5.95 Å². The van der Waals surface area contributed by atoms with E-state index in [1.807, 2.05) is 4.68 Å². The Balaban J connectivity index is 1.75. The van der Waals surface area contributed by atoms with E-state index in [-0.39, 0.29) is 11.6 Å². The Kier molecular flexibility index (Phi) is 2.97. The lowest BCUT2D eigenvalue weighted by Gasteiger charge is -2.36. The highest BCUT2D eigenvalue weighted by Crippen LogP contribution is 2.30. The molecule has 0 unspecified atom stereocenters. The van der Waals surface area contributed by atoms with Gasteiger partial charge in [-0.3, -0.25) is 9.48 Å². The van der Waals surface area contributed by atoms with Crippen LogP contribution in [0, 0.1) is 0 Å². The van der Waals surface area contributed by atoms with Crippen LogP contribution in [-0.2, 0) is 13.6 Å². The van der Waals surface area contributed by atoms with E-state index in [0.29, 0.717) is 29.4 Å². The second-order valence-corrected chi connectivity index (χ2v) is 6.08. The molecule has 1 aliphatic heterocycles. The molecule has 0 fully saturated rings. The van der Waals surface area contributed by atoms with E-state index in [1.54, 1.807) is 18.1 Å². The van der Waals surface area contributed by atoms with E-state index in [9.17, 15) is 4.79 Å². The number of aromatic nitrogens is 7. The predicted molar refractivity (Wildman–Crippen MR) is 84.1 cm³/mol. The molecule has 120 valence electrons. The molecule has 9 heteroatoms. The summed E-state index contributed by atoms with van der Waals surface area (Å²) in [4.78, 5) is 26.1. The molecule has 0 amide bonds. The van der Waals surface area contributed by atoms with Gasteiger partial charge in [-0.15, -0.1) is 0 Å². The zero-order chi connectivity index (χ0) is 16.1. The van der Waals surface area contributed by atoms with Crippen molar-refractivity contribution in [3.05, 3.63) is 28.7 Å². The van der Waals surface area contributed by atoms with E-state index in [1.165, 1.54) is 6.20 Å². The molecule has 4 heterocycles. The summed E-state index contributed by atoms with van der Waals surface area (Å²) in [6, 6.07) is 0.597. The van der Waals surface area contributed by atoms with E-state index in [2.05, 4.69) is 43.9 Å². The second-order valence-electron chi connectivity index (χ2n) is 6.08. The first kappa shape index (κ1) is 13.9. The molecule has 0 saturated carbocycles. The summed E-state index contributed by atoms with van der Waals surface area (Å²) in [5, 5.41) is 8.89. The molecule has 0 bridgehead atoms. The molecule has 0 aliphatic carbocycles.